The van der Waals surface area contributed by atoms with Crippen LogP contribution in [-0.4, -0.2) is 39.0 Å². The number of urea groups is 1. The highest BCUT2D eigenvalue weighted by Crippen LogP contribution is 2.17. The van der Waals surface area contributed by atoms with Gasteiger partial charge in [0.2, 0.25) is 0 Å². The Labute approximate surface area is 90.5 Å². The molecule has 1 fully saturated rings. The van der Waals surface area contributed by atoms with Crippen LogP contribution in [0.4, 0.5) is 4.79 Å². The molecule has 0 aromatic rings. The fraction of sp³-hybridized carbons (Fsp3) is 0.889. The summed E-state index contributed by atoms with van der Waals surface area (Å²) in [6, 6.07) is 0.133. The lowest BCUT2D eigenvalue weighted by atomic mass is 9.93. The molecule has 5 nitrogen and oxygen atoms in total. The Morgan fingerprint density at radius 2 is 2.07 bits per heavy atom. The summed E-state index contributed by atoms with van der Waals surface area (Å²) in [6.45, 7) is 0.408. The minimum absolute atomic E-state index is 0.122. The molecular formula is C9H18N2O3S. The van der Waals surface area contributed by atoms with Crippen molar-refractivity contribution in [1.82, 2.24) is 10.6 Å². The number of nitrogens with one attached hydrogen (secondary N) is 2. The van der Waals surface area contributed by atoms with E-state index >= 15 is 0 Å². The van der Waals surface area contributed by atoms with Gasteiger partial charge < -0.3 is 10.6 Å². The summed E-state index contributed by atoms with van der Waals surface area (Å²) in [5.74, 6) is 0.122. The third kappa shape index (κ3) is 5.61. The molecule has 0 spiro atoms. The van der Waals surface area contributed by atoms with Crippen LogP contribution in [0, 0.1) is 0 Å². The summed E-state index contributed by atoms with van der Waals surface area (Å²) in [5.41, 5.74) is 0. The van der Waals surface area contributed by atoms with Crippen LogP contribution in [0.5, 0.6) is 0 Å². The molecule has 15 heavy (non-hydrogen) atoms. The molecule has 2 amide bonds. The second-order valence-electron chi connectivity index (χ2n) is 4.01. The van der Waals surface area contributed by atoms with Crippen molar-refractivity contribution in [3.8, 4) is 0 Å². The standard InChI is InChI=1S/C9H18N2O3S/c1-15(13,14)7-3-6-10-9(12)11-8-4-2-5-8/h8H,2-7H2,1H3,(H2,10,11,12). The Hall–Kier alpha value is -0.780. The summed E-state index contributed by atoms with van der Waals surface area (Å²) >= 11 is 0. The van der Waals surface area contributed by atoms with E-state index in [2.05, 4.69) is 10.6 Å². The molecular weight excluding hydrogens is 216 g/mol. The van der Waals surface area contributed by atoms with E-state index in [9.17, 15) is 13.2 Å². The van der Waals surface area contributed by atoms with Gasteiger partial charge in [-0.2, -0.15) is 0 Å². The van der Waals surface area contributed by atoms with Crippen LogP contribution >= 0.6 is 0 Å². The van der Waals surface area contributed by atoms with Crippen LogP contribution in [0.1, 0.15) is 25.7 Å². The Morgan fingerprint density at radius 1 is 1.40 bits per heavy atom. The van der Waals surface area contributed by atoms with Gasteiger partial charge in [-0.15, -0.1) is 0 Å². The van der Waals surface area contributed by atoms with Crippen molar-refractivity contribution in [2.45, 2.75) is 31.7 Å². The van der Waals surface area contributed by atoms with E-state index in [1.807, 2.05) is 0 Å². The topological polar surface area (TPSA) is 75.3 Å². The number of hydrogen-bond donors (Lipinski definition) is 2. The lowest BCUT2D eigenvalue weighted by molar-refractivity contribution is 0.228. The third-order valence-electron chi connectivity index (χ3n) is 2.42. The normalized spacial score (nSPS) is 16.9. The second kappa shape index (κ2) is 5.34. The van der Waals surface area contributed by atoms with E-state index in [-0.39, 0.29) is 11.8 Å². The van der Waals surface area contributed by atoms with Crippen molar-refractivity contribution < 1.29 is 13.2 Å². The van der Waals surface area contributed by atoms with Gasteiger partial charge in [0.1, 0.15) is 9.84 Å². The highest BCUT2D eigenvalue weighted by atomic mass is 32.2. The van der Waals surface area contributed by atoms with Gasteiger partial charge in [-0.05, 0) is 25.7 Å². The molecule has 0 saturated heterocycles. The van der Waals surface area contributed by atoms with Gasteiger partial charge in [0.05, 0.1) is 5.75 Å². The Bertz CT molecular complexity index is 309. The Balaban J connectivity index is 2.01. The molecule has 1 aliphatic rings. The minimum atomic E-state index is -2.91. The highest BCUT2D eigenvalue weighted by molar-refractivity contribution is 7.90. The van der Waals surface area contributed by atoms with E-state index in [1.165, 1.54) is 12.7 Å². The Morgan fingerprint density at radius 3 is 2.53 bits per heavy atom. The SMILES string of the molecule is CS(=O)(=O)CCCNC(=O)NC1CCC1. The van der Waals surface area contributed by atoms with E-state index in [4.69, 9.17) is 0 Å². The van der Waals surface area contributed by atoms with Gasteiger partial charge >= 0.3 is 6.03 Å². The molecule has 0 radical (unpaired) electrons. The first-order valence-electron chi connectivity index (χ1n) is 5.19. The van der Waals surface area contributed by atoms with E-state index in [0.29, 0.717) is 19.0 Å². The maximum Gasteiger partial charge on any atom is 0.315 e. The first-order valence-corrected chi connectivity index (χ1v) is 7.25. The predicted octanol–water partition coefficient (Wildman–Crippen LogP) is 0.273. The molecule has 0 aromatic carbocycles. The highest BCUT2D eigenvalue weighted by Gasteiger charge is 2.18. The molecule has 0 bridgehead atoms. The van der Waals surface area contributed by atoms with Gasteiger partial charge in [0, 0.05) is 18.8 Å². The molecule has 0 heterocycles. The van der Waals surface area contributed by atoms with Gasteiger partial charge in [0.15, 0.2) is 0 Å². The summed E-state index contributed by atoms with van der Waals surface area (Å²) in [4.78, 5) is 11.2. The molecule has 0 atom stereocenters. The molecule has 0 unspecified atom stereocenters. The number of amides is 2. The number of carbonyl (C=O) groups excluding carboxylic acids is 1. The number of sulfone groups is 1. The van der Waals surface area contributed by atoms with Crippen LogP contribution in [0.15, 0.2) is 0 Å². The number of hydrogen-bond acceptors (Lipinski definition) is 3. The molecule has 0 aromatic heterocycles. The zero-order chi connectivity index (χ0) is 11.3. The minimum Gasteiger partial charge on any atom is -0.338 e. The van der Waals surface area contributed by atoms with Crippen molar-refractivity contribution in [3.05, 3.63) is 0 Å². The van der Waals surface area contributed by atoms with Crippen molar-refractivity contribution >= 4 is 15.9 Å². The van der Waals surface area contributed by atoms with Gasteiger partial charge in [-0.1, -0.05) is 0 Å². The first-order chi connectivity index (χ1) is 6.97. The zero-order valence-electron chi connectivity index (χ0n) is 8.95. The summed E-state index contributed by atoms with van der Waals surface area (Å²) in [7, 11) is -2.91. The average Bonchev–Trinajstić information content (AvgIpc) is 2.04. The van der Waals surface area contributed by atoms with Gasteiger partial charge in [-0.25, -0.2) is 13.2 Å². The zero-order valence-corrected chi connectivity index (χ0v) is 9.77. The second-order valence-corrected chi connectivity index (χ2v) is 6.27. The molecule has 1 rings (SSSR count). The molecule has 0 aliphatic heterocycles. The lowest BCUT2D eigenvalue weighted by Crippen LogP contribution is -2.45. The average molecular weight is 234 g/mol. The summed E-state index contributed by atoms with van der Waals surface area (Å²) in [5, 5.41) is 5.45. The monoisotopic (exact) mass is 234 g/mol. The van der Waals surface area contributed by atoms with Gasteiger partial charge in [0.25, 0.3) is 0 Å². The van der Waals surface area contributed by atoms with Crippen LogP contribution in [-0.2, 0) is 9.84 Å². The fourth-order valence-corrected chi connectivity index (χ4v) is 1.99. The smallest absolute Gasteiger partial charge is 0.315 e. The quantitative estimate of drug-likeness (QED) is 0.671. The van der Waals surface area contributed by atoms with Crippen LogP contribution in [0.25, 0.3) is 0 Å². The van der Waals surface area contributed by atoms with E-state index in [1.54, 1.807) is 0 Å². The predicted molar refractivity (Wildman–Crippen MR) is 58.5 cm³/mol. The number of carbonyl (C=O) groups is 1. The van der Waals surface area contributed by atoms with Gasteiger partial charge in [-0.3, -0.25) is 0 Å². The summed E-state index contributed by atoms with van der Waals surface area (Å²) in [6.07, 6.45) is 4.95. The van der Waals surface area contributed by atoms with Crippen LogP contribution in [0.3, 0.4) is 0 Å². The summed E-state index contributed by atoms with van der Waals surface area (Å²) < 4.78 is 21.6. The van der Waals surface area contributed by atoms with E-state index < -0.39 is 9.84 Å². The molecule has 2 N–H and O–H groups in total. The van der Waals surface area contributed by atoms with Crippen LogP contribution in [0.2, 0.25) is 0 Å². The largest absolute Gasteiger partial charge is 0.338 e. The van der Waals surface area contributed by atoms with Crippen molar-refractivity contribution in [3.63, 3.8) is 0 Å². The number of rotatable bonds is 5. The van der Waals surface area contributed by atoms with Crippen molar-refractivity contribution in [2.75, 3.05) is 18.6 Å². The van der Waals surface area contributed by atoms with Crippen LogP contribution < -0.4 is 10.6 Å². The maximum absolute atomic E-state index is 11.2. The van der Waals surface area contributed by atoms with Crippen molar-refractivity contribution in [2.24, 2.45) is 0 Å². The first kappa shape index (κ1) is 12.3. The maximum atomic E-state index is 11.2. The Kier molecular flexibility index (Phi) is 4.38. The molecule has 88 valence electrons. The van der Waals surface area contributed by atoms with E-state index in [0.717, 1.165) is 12.8 Å². The fourth-order valence-electron chi connectivity index (χ4n) is 1.33. The third-order valence-corrected chi connectivity index (χ3v) is 3.45. The van der Waals surface area contributed by atoms with Crippen molar-refractivity contribution in [1.29, 1.82) is 0 Å². The molecule has 1 aliphatic carbocycles. The lowest BCUT2D eigenvalue weighted by Gasteiger charge is -2.26. The molecule has 6 heteroatoms. The molecule has 1 saturated carbocycles.